The molecule has 4 heteroatoms. The number of H-pyrrole nitrogens is 1. The van der Waals surface area contributed by atoms with E-state index in [1.54, 1.807) is 6.33 Å². The summed E-state index contributed by atoms with van der Waals surface area (Å²) in [6.45, 7) is 2.89. The largest absolute Gasteiger partial charge is 0.356 e. The van der Waals surface area contributed by atoms with Gasteiger partial charge >= 0.3 is 0 Å². The van der Waals surface area contributed by atoms with Crippen molar-refractivity contribution in [2.45, 2.75) is 64.2 Å². The van der Waals surface area contributed by atoms with Gasteiger partial charge in [0.1, 0.15) is 0 Å². The summed E-state index contributed by atoms with van der Waals surface area (Å²) < 4.78 is 0. The van der Waals surface area contributed by atoms with Gasteiger partial charge < -0.3 is 10.3 Å². The predicted octanol–water partition coefficient (Wildman–Crippen LogP) is 3.38. The smallest absolute Gasteiger partial charge is 0.220 e. The highest BCUT2D eigenvalue weighted by Gasteiger charge is 2.15. The molecule has 1 heterocycles. The van der Waals surface area contributed by atoms with Crippen LogP contribution in [-0.2, 0) is 4.79 Å². The molecule has 0 aliphatic heterocycles. The van der Waals surface area contributed by atoms with Crippen LogP contribution in [0.2, 0.25) is 0 Å². The van der Waals surface area contributed by atoms with E-state index >= 15 is 0 Å². The highest BCUT2D eigenvalue weighted by Crippen LogP contribution is 2.27. The first-order valence-electron chi connectivity index (χ1n) is 8.01. The maximum absolute atomic E-state index is 11.8. The third-order valence-electron chi connectivity index (χ3n) is 4.43. The Balaban J connectivity index is 1.55. The van der Waals surface area contributed by atoms with Crippen LogP contribution in [0.4, 0.5) is 0 Å². The van der Waals surface area contributed by atoms with Crippen LogP contribution in [-0.4, -0.2) is 22.4 Å². The van der Waals surface area contributed by atoms with Gasteiger partial charge in [-0.1, -0.05) is 39.0 Å². The minimum atomic E-state index is 0.213. The summed E-state index contributed by atoms with van der Waals surface area (Å²) in [4.78, 5) is 19.0. The number of hydrogen-bond donors (Lipinski definition) is 2. The Bertz CT molecular complexity index is 382. The molecule has 1 amide bonds. The standard InChI is InChI=1S/C16H27N3O/c1-13(15-11-17-12-19-15)9-10-18-16(20)8-7-14-5-3-2-4-6-14/h11-14H,2-10H2,1H3,(H,17,19)(H,18,20). The highest BCUT2D eigenvalue weighted by molar-refractivity contribution is 5.75. The molecule has 1 saturated carbocycles. The number of aromatic nitrogens is 2. The van der Waals surface area contributed by atoms with Gasteiger partial charge in [0.05, 0.1) is 12.0 Å². The molecule has 0 spiro atoms. The zero-order chi connectivity index (χ0) is 14.2. The molecule has 1 atom stereocenters. The third-order valence-corrected chi connectivity index (χ3v) is 4.43. The van der Waals surface area contributed by atoms with E-state index < -0.39 is 0 Å². The predicted molar refractivity (Wildman–Crippen MR) is 80.4 cm³/mol. The summed E-state index contributed by atoms with van der Waals surface area (Å²) in [6.07, 6.45) is 13.1. The average Bonchev–Trinajstić information content (AvgIpc) is 3.00. The Morgan fingerprint density at radius 2 is 2.25 bits per heavy atom. The summed E-state index contributed by atoms with van der Waals surface area (Å²) in [5.41, 5.74) is 1.07. The van der Waals surface area contributed by atoms with Crippen molar-refractivity contribution in [2.75, 3.05) is 6.54 Å². The molecule has 112 valence electrons. The SMILES string of the molecule is CC(CCNC(=O)CCC1CCCCC1)c1c[nH]cn1. The molecule has 4 nitrogen and oxygen atoms in total. The van der Waals surface area contributed by atoms with Crippen molar-refractivity contribution in [2.24, 2.45) is 5.92 Å². The van der Waals surface area contributed by atoms with E-state index in [1.165, 1.54) is 32.1 Å². The minimum Gasteiger partial charge on any atom is -0.356 e. The van der Waals surface area contributed by atoms with Crippen LogP contribution in [0.3, 0.4) is 0 Å². The van der Waals surface area contributed by atoms with Gasteiger partial charge in [0.15, 0.2) is 0 Å². The summed E-state index contributed by atoms with van der Waals surface area (Å²) in [5, 5.41) is 3.04. The lowest BCUT2D eigenvalue weighted by Crippen LogP contribution is -2.26. The van der Waals surface area contributed by atoms with E-state index in [4.69, 9.17) is 0 Å². The number of rotatable bonds is 7. The fourth-order valence-electron chi connectivity index (χ4n) is 3.02. The number of carbonyl (C=O) groups is 1. The molecule has 2 N–H and O–H groups in total. The number of nitrogens with zero attached hydrogens (tertiary/aromatic N) is 1. The number of hydrogen-bond acceptors (Lipinski definition) is 2. The molecular weight excluding hydrogens is 250 g/mol. The Hall–Kier alpha value is -1.32. The summed E-state index contributed by atoms with van der Waals surface area (Å²) >= 11 is 0. The monoisotopic (exact) mass is 277 g/mol. The Labute approximate surface area is 121 Å². The van der Waals surface area contributed by atoms with E-state index in [2.05, 4.69) is 22.2 Å². The molecule has 1 aromatic rings. The molecule has 2 rings (SSSR count). The first kappa shape index (κ1) is 15.1. The molecule has 1 unspecified atom stereocenters. The quantitative estimate of drug-likeness (QED) is 0.802. The van der Waals surface area contributed by atoms with E-state index in [0.29, 0.717) is 12.3 Å². The summed E-state index contributed by atoms with van der Waals surface area (Å²) in [5.74, 6) is 1.39. The lowest BCUT2D eigenvalue weighted by molar-refractivity contribution is -0.121. The van der Waals surface area contributed by atoms with Crippen LogP contribution in [0.1, 0.15) is 69.9 Å². The van der Waals surface area contributed by atoms with Gasteiger partial charge in [-0.2, -0.15) is 0 Å². The van der Waals surface area contributed by atoms with Crippen molar-refractivity contribution >= 4 is 5.91 Å². The van der Waals surface area contributed by atoms with Crippen LogP contribution in [0.5, 0.6) is 0 Å². The number of nitrogens with one attached hydrogen (secondary N) is 2. The van der Waals surface area contributed by atoms with Crippen LogP contribution < -0.4 is 5.32 Å². The van der Waals surface area contributed by atoms with Gasteiger partial charge in [0, 0.05) is 25.1 Å². The third kappa shape index (κ3) is 4.99. The molecule has 0 radical (unpaired) electrons. The molecule has 1 aromatic heterocycles. The lowest BCUT2D eigenvalue weighted by Gasteiger charge is -2.21. The van der Waals surface area contributed by atoms with E-state index in [1.807, 2.05) is 6.20 Å². The van der Waals surface area contributed by atoms with E-state index in [-0.39, 0.29) is 5.91 Å². The number of amides is 1. The minimum absolute atomic E-state index is 0.213. The molecule has 0 aromatic carbocycles. The van der Waals surface area contributed by atoms with Crippen molar-refractivity contribution < 1.29 is 4.79 Å². The van der Waals surface area contributed by atoms with Crippen molar-refractivity contribution in [1.29, 1.82) is 0 Å². The van der Waals surface area contributed by atoms with E-state index in [9.17, 15) is 4.79 Å². The maximum atomic E-state index is 11.8. The van der Waals surface area contributed by atoms with Gasteiger partial charge in [-0.05, 0) is 18.8 Å². The Kier molecular flexibility index (Phi) is 6.09. The van der Waals surface area contributed by atoms with Crippen LogP contribution in [0.25, 0.3) is 0 Å². The topological polar surface area (TPSA) is 57.8 Å². The van der Waals surface area contributed by atoms with Crippen LogP contribution in [0.15, 0.2) is 12.5 Å². The van der Waals surface area contributed by atoms with Crippen LogP contribution in [0, 0.1) is 5.92 Å². The van der Waals surface area contributed by atoms with Gasteiger partial charge in [-0.15, -0.1) is 0 Å². The Morgan fingerprint density at radius 1 is 1.45 bits per heavy atom. The second-order valence-electron chi connectivity index (χ2n) is 6.08. The first-order valence-corrected chi connectivity index (χ1v) is 8.01. The molecule has 1 aliphatic rings. The molecule has 0 saturated heterocycles. The maximum Gasteiger partial charge on any atom is 0.220 e. The summed E-state index contributed by atoms with van der Waals surface area (Å²) in [7, 11) is 0. The fraction of sp³-hybridized carbons (Fsp3) is 0.750. The Morgan fingerprint density at radius 3 is 2.95 bits per heavy atom. The molecule has 20 heavy (non-hydrogen) atoms. The van der Waals surface area contributed by atoms with Crippen molar-refractivity contribution in [3.63, 3.8) is 0 Å². The average molecular weight is 277 g/mol. The zero-order valence-electron chi connectivity index (χ0n) is 12.5. The second kappa shape index (κ2) is 8.08. The van der Waals surface area contributed by atoms with Crippen molar-refractivity contribution in [1.82, 2.24) is 15.3 Å². The van der Waals surface area contributed by atoms with Crippen molar-refractivity contribution in [3.05, 3.63) is 18.2 Å². The summed E-state index contributed by atoms with van der Waals surface area (Å²) in [6, 6.07) is 0. The highest BCUT2D eigenvalue weighted by atomic mass is 16.1. The van der Waals surface area contributed by atoms with Gasteiger partial charge in [-0.25, -0.2) is 4.98 Å². The van der Waals surface area contributed by atoms with Gasteiger partial charge in [-0.3, -0.25) is 4.79 Å². The van der Waals surface area contributed by atoms with Gasteiger partial charge in [0.2, 0.25) is 5.91 Å². The first-order chi connectivity index (χ1) is 9.75. The molecule has 1 fully saturated rings. The van der Waals surface area contributed by atoms with Gasteiger partial charge in [0.25, 0.3) is 0 Å². The molecule has 0 bridgehead atoms. The number of carbonyl (C=O) groups excluding carboxylic acids is 1. The molecule has 1 aliphatic carbocycles. The lowest BCUT2D eigenvalue weighted by atomic mass is 9.86. The van der Waals surface area contributed by atoms with E-state index in [0.717, 1.165) is 31.0 Å². The normalized spacial score (nSPS) is 17.9. The fourth-order valence-corrected chi connectivity index (χ4v) is 3.02. The number of imidazole rings is 1. The van der Waals surface area contributed by atoms with Crippen molar-refractivity contribution in [3.8, 4) is 0 Å². The van der Waals surface area contributed by atoms with Crippen LogP contribution >= 0.6 is 0 Å². The number of aromatic amines is 1. The zero-order valence-corrected chi connectivity index (χ0v) is 12.5. The second-order valence-corrected chi connectivity index (χ2v) is 6.08. The molecular formula is C16H27N3O.